The van der Waals surface area contributed by atoms with E-state index in [1.165, 1.54) is 38.8 Å². The Morgan fingerprint density at radius 3 is 2.38 bits per heavy atom. The van der Waals surface area contributed by atoms with Gasteiger partial charge in [-0.05, 0) is 56.5 Å². The van der Waals surface area contributed by atoms with Crippen LogP contribution in [0.15, 0.2) is 0 Å². The first-order chi connectivity index (χ1) is 7.48. The van der Waals surface area contributed by atoms with Crippen molar-refractivity contribution in [2.45, 2.75) is 65.0 Å². The van der Waals surface area contributed by atoms with Crippen molar-refractivity contribution < 1.29 is 5.11 Å². The van der Waals surface area contributed by atoms with Gasteiger partial charge in [0.25, 0.3) is 0 Å². The van der Waals surface area contributed by atoms with Crippen LogP contribution >= 0.6 is 0 Å². The Bertz CT molecular complexity index is 229. The zero-order chi connectivity index (χ0) is 11.8. The molecule has 2 aliphatic rings. The lowest BCUT2D eigenvalue weighted by Gasteiger charge is -2.45. The second-order valence-electron chi connectivity index (χ2n) is 6.75. The molecule has 1 saturated carbocycles. The minimum absolute atomic E-state index is 0.0718. The fourth-order valence-electron chi connectivity index (χ4n) is 3.19. The summed E-state index contributed by atoms with van der Waals surface area (Å²) in [6.07, 6.45) is 5.90. The molecule has 1 aliphatic heterocycles. The van der Waals surface area contributed by atoms with E-state index in [2.05, 4.69) is 25.7 Å². The number of rotatable bonds is 1. The number of likely N-dealkylation sites (tertiary alicyclic amines) is 1. The van der Waals surface area contributed by atoms with Crippen LogP contribution < -0.4 is 0 Å². The number of aliphatic hydroxyl groups is 1. The van der Waals surface area contributed by atoms with E-state index in [1.807, 2.05) is 0 Å². The van der Waals surface area contributed by atoms with Gasteiger partial charge in [-0.3, -0.25) is 4.90 Å². The molecule has 2 nitrogen and oxygen atoms in total. The highest BCUT2D eigenvalue weighted by Gasteiger charge is 2.35. The van der Waals surface area contributed by atoms with E-state index >= 15 is 0 Å². The van der Waals surface area contributed by atoms with Gasteiger partial charge in [-0.2, -0.15) is 0 Å². The first-order valence-corrected chi connectivity index (χ1v) is 6.90. The molecule has 2 heteroatoms. The number of hydrogen-bond acceptors (Lipinski definition) is 2. The van der Waals surface area contributed by atoms with Crippen LogP contribution in [0.3, 0.4) is 0 Å². The van der Waals surface area contributed by atoms with Crippen molar-refractivity contribution in [1.82, 2.24) is 4.90 Å². The lowest BCUT2D eigenvalue weighted by atomic mass is 9.79. The molecule has 3 atom stereocenters. The van der Waals surface area contributed by atoms with Gasteiger partial charge in [0.1, 0.15) is 0 Å². The molecule has 1 heterocycles. The van der Waals surface area contributed by atoms with Gasteiger partial charge < -0.3 is 5.11 Å². The quantitative estimate of drug-likeness (QED) is 0.741. The standard InChI is InChI=1S/C14H27NO/c1-11-4-5-13(16)12(10-11)15-8-6-14(2,3)7-9-15/h11-13,16H,4-10H2,1-3H3. The number of aliphatic hydroxyl groups excluding tert-OH is 1. The topological polar surface area (TPSA) is 23.5 Å². The van der Waals surface area contributed by atoms with E-state index in [9.17, 15) is 5.11 Å². The highest BCUT2D eigenvalue weighted by Crippen LogP contribution is 2.34. The molecule has 1 saturated heterocycles. The summed E-state index contributed by atoms with van der Waals surface area (Å²) in [5, 5.41) is 10.1. The van der Waals surface area contributed by atoms with Gasteiger partial charge in [-0.15, -0.1) is 0 Å². The maximum atomic E-state index is 10.1. The molecule has 0 bridgehead atoms. The summed E-state index contributed by atoms with van der Waals surface area (Å²) in [5.41, 5.74) is 0.516. The first kappa shape index (κ1) is 12.4. The summed E-state index contributed by atoms with van der Waals surface area (Å²) in [7, 11) is 0. The van der Waals surface area contributed by atoms with E-state index in [0.29, 0.717) is 11.5 Å². The van der Waals surface area contributed by atoms with Crippen LogP contribution in [0.1, 0.15) is 52.9 Å². The van der Waals surface area contributed by atoms with E-state index in [-0.39, 0.29) is 6.10 Å². The molecular weight excluding hydrogens is 198 g/mol. The third-order valence-electron chi connectivity index (χ3n) is 4.66. The third kappa shape index (κ3) is 2.78. The van der Waals surface area contributed by atoms with Gasteiger partial charge in [0.05, 0.1) is 6.10 Å². The predicted octanol–water partition coefficient (Wildman–Crippen LogP) is 2.66. The Labute approximate surface area is 100 Å². The Morgan fingerprint density at radius 1 is 1.12 bits per heavy atom. The molecular formula is C14H27NO. The molecule has 94 valence electrons. The summed E-state index contributed by atoms with van der Waals surface area (Å²) in [4.78, 5) is 2.55. The lowest BCUT2D eigenvalue weighted by molar-refractivity contribution is -0.0174. The molecule has 1 N–H and O–H groups in total. The molecule has 3 unspecified atom stereocenters. The summed E-state index contributed by atoms with van der Waals surface area (Å²) in [5.74, 6) is 0.795. The first-order valence-electron chi connectivity index (χ1n) is 6.90. The van der Waals surface area contributed by atoms with Crippen LogP contribution in [0.25, 0.3) is 0 Å². The molecule has 16 heavy (non-hydrogen) atoms. The van der Waals surface area contributed by atoms with Crippen LogP contribution in [0.5, 0.6) is 0 Å². The Morgan fingerprint density at radius 2 is 1.75 bits per heavy atom. The number of hydrogen-bond donors (Lipinski definition) is 1. The molecule has 0 amide bonds. The van der Waals surface area contributed by atoms with E-state index in [0.717, 1.165) is 12.3 Å². The fourth-order valence-corrected chi connectivity index (χ4v) is 3.19. The van der Waals surface area contributed by atoms with Crippen LogP contribution in [0.2, 0.25) is 0 Å². The van der Waals surface area contributed by atoms with Gasteiger partial charge in [-0.1, -0.05) is 20.8 Å². The summed E-state index contributed by atoms with van der Waals surface area (Å²) < 4.78 is 0. The largest absolute Gasteiger partial charge is 0.391 e. The molecule has 0 aromatic carbocycles. The number of nitrogens with zero attached hydrogens (tertiary/aromatic N) is 1. The van der Waals surface area contributed by atoms with Crippen LogP contribution in [-0.2, 0) is 0 Å². The van der Waals surface area contributed by atoms with Crippen molar-refractivity contribution >= 4 is 0 Å². The zero-order valence-electron chi connectivity index (χ0n) is 11.1. The highest BCUT2D eigenvalue weighted by molar-refractivity contribution is 4.89. The molecule has 2 rings (SSSR count). The fraction of sp³-hybridized carbons (Fsp3) is 1.00. The van der Waals surface area contributed by atoms with Crippen LogP contribution in [0, 0.1) is 11.3 Å². The van der Waals surface area contributed by atoms with Gasteiger partial charge >= 0.3 is 0 Å². The second-order valence-corrected chi connectivity index (χ2v) is 6.75. The average Bonchev–Trinajstić information content (AvgIpc) is 2.22. The molecule has 0 radical (unpaired) electrons. The lowest BCUT2D eigenvalue weighted by Crippen LogP contribution is -2.51. The SMILES string of the molecule is CC1CCC(O)C(N2CCC(C)(C)CC2)C1. The average molecular weight is 225 g/mol. The molecule has 0 spiro atoms. The van der Waals surface area contributed by atoms with E-state index < -0.39 is 0 Å². The van der Waals surface area contributed by atoms with Crippen LogP contribution in [-0.4, -0.2) is 35.2 Å². The normalized spacial score (nSPS) is 40.9. The van der Waals surface area contributed by atoms with Crippen molar-refractivity contribution in [3.05, 3.63) is 0 Å². The smallest absolute Gasteiger partial charge is 0.0695 e. The Hall–Kier alpha value is -0.0800. The van der Waals surface area contributed by atoms with Gasteiger partial charge in [-0.25, -0.2) is 0 Å². The summed E-state index contributed by atoms with van der Waals surface area (Å²) in [6, 6.07) is 0.444. The number of piperidine rings is 1. The van der Waals surface area contributed by atoms with Crippen molar-refractivity contribution in [3.8, 4) is 0 Å². The zero-order valence-corrected chi connectivity index (χ0v) is 11.1. The highest BCUT2D eigenvalue weighted by atomic mass is 16.3. The summed E-state index contributed by atoms with van der Waals surface area (Å²) >= 11 is 0. The van der Waals surface area contributed by atoms with Crippen molar-refractivity contribution in [2.75, 3.05) is 13.1 Å². The second kappa shape index (κ2) is 4.66. The Balaban J connectivity index is 1.92. The molecule has 0 aromatic rings. The van der Waals surface area contributed by atoms with Gasteiger partial charge in [0.15, 0.2) is 0 Å². The molecule has 1 aliphatic carbocycles. The molecule has 0 aromatic heterocycles. The third-order valence-corrected chi connectivity index (χ3v) is 4.66. The Kier molecular flexibility index (Phi) is 3.60. The van der Waals surface area contributed by atoms with Crippen molar-refractivity contribution in [3.63, 3.8) is 0 Å². The monoisotopic (exact) mass is 225 g/mol. The predicted molar refractivity (Wildman–Crippen MR) is 67.4 cm³/mol. The van der Waals surface area contributed by atoms with E-state index in [1.54, 1.807) is 0 Å². The van der Waals surface area contributed by atoms with Gasteiger partial charge in [0.2, 0.25) is 0 Å². The minimum Gasteiger partial charge on any atom is -0.391 e. The van der Waals surface area contributed by atoms with E-state index in [4.69, 9.17) is 0 Å². The van der Waals surface area contributed by atoms with Crippen molar-refractivity contribution in [1.29, 1.82) is 0 Å². The maximum absolute atomic E-state index is 10.1. The summed E-state index contributed by atoms with van der Waals surface area (Å²) in [6.45, 7) is 9.42. The van der Waals surface area contributed by atoms with Crippen LogP contribution in [0.4, 0.5) is 0 Å². The molecule has 2 fully saturated rings. The minimum atomic E-state index is -0.0718. The van der Waals surface area contributed by atoms with Crippen molar-refractivity contribution in [2.24, 2.45) is 11.3 Å². The van der Waals surface area contributed by atoms with Gasteiger partial charge in [0, 0.05) is 6.04 Å². The maximum Gasteiger partial charge on any atom is 0.0695 e.